The smallest absolute Gasteiger partial charge is 0.291 e. The first-order valence-electron chi connectivity index (χ1n) is 5.55. The molecule has 0 atom stereocenters. The van der Waals surface area contributed by atoms with Crippen LogP contribution in [0.5, 0.6) is 0 Å². The van der Waals surface area contributed by atoms with Crippen LogP contribution in [0.1, 0.15) is 30.3 Å². The number of H-pyrrole nitrogens is 1. The van der Waals surface area contributed by atoms with Crippen molar-refractivity contribution in [3.63, 3.8) is 0 Å². The lowest BCUT2D eigenvalue weighted by Gasteiger charge is -2.04. The number of rotatable bonds is 7. The number of amides is 1. The number of aryl methyl sites for hydroxylation is 1. The van der Waals surface area contributed by atoms with Crippen molar-refractivity contribution >= 4 is 5.91 Å². The molecule has 94 valence electrons. The van der Waals surface area contributed by atoms with E-state index >= 15 is 0 Å². The second kappa shape index (κ2) is 6.80. The molecular formula is C11H18N4O2. The van der Waals surface area contributed by atoms with Crippen LogP contribution in [-0.2, 0) is 11.2 Å². The Balaban J connectivity index is 2.23. The predicted octanol–water partition coefficient (Wildman–Crippen LogP) is 0.690. The number of aromatic amines is 1. The lowest BCUT2D eigenvalue weighted by Crippen LogP contribution is -2.28. The Labute approximate surface area is 100 Å². The highest BCUT2D eigenvalue weighted by Gasteiger charge is 2.10. The van der Waals surface area contributed by atoms with Crippen molar-refractivity contribution in [1.29, 1.82) is 0 Å². The number of nitrogens with zero attached hydrogens (tertiary/aromatic N) is 2. The maximum absolute atomic E-state index is 11.5. The summed E-state index contributed by atoms with van der Waals surface area (Å²) in [6.07, 6.45) is 0.724. The summed E-state index contributed by atoms with van der Waals surface area (Å²) in [5.41, 5.74) is 0.956. The third-order valence-corrected chi connectivity index (χ3v) is 1.95. The fraction of sp³-hybridized carbons (Fsp3) is 0.545. The zero-order chi connectivity index (χ0) is 12.7. The van der Waals surface area contributed by atoms with E-state index in [0.717, 1.165) is 12.0 Å². The maximum atomic E-state index is 11.5. The predicted molar refractivity (Wildman–Crippen MR) is 63.7 cm³/mol. The number of hydrogen-bond acceptors (Lipinski definition) is 4. The first-order chi connectivity index (χ1) is 8.13. The Morgan fingerprint density at radius 2 is 2.35 bits per heavy atom. The highest BCUT2D eigenvalue weighted by atomic mass is 16.5. The van der Waals surface area contributed by atoms with E-state index in [1.165, 1.54) is 0 Å². The molecule has 1 amide bonds. The Kier molecular flexibility index (Phi) is 5.35. The van der Waals surface area contributed by atoms with Crippen LogP contribution in [0.4, 0.5) is 0 Å². The van der Waals surface area contributed by atoms with Gasteiger partial charge in [0.05, 0.1) is 13.2 Å². The van der Waals surface area contributed by atoms with E-state index < -0.39 is 0 Å². The molecule has 0 aromatic carbocycles. The summed E-state index contributed by atoms with van der Waals surface area (Å²) in [6, 6.07) is 0. The van der Waals surface area contributed by atoms with Crippen LogP contribution >= 0.6 is 0 Å². The highest BCUT2D eigenvalue weighted by molar-refractivity contribution is 5.90. The number of ether oxygens (including phenoxy) is 1. The van der Waals surface area contributed by atoms with E-state index in [0.29, 0.717) is 25.6 Å². The van der Waals surface area contributed by atoms with Gasteiger partial charge in [-0.1, -0.05) is 19.1 Å². The topological polar surface area (TPSA) is 79.9 Å². The Bertz CT molecular complexity index is 387. The van der Waals surface area contributed by atoms with E-state index in [1.54, 1.807) is 0 Å². The molecule has 6 nitrogen and oxygen atoms in total. The zero-order valence-corrected chi connectivity index (χ0v) is 10.2. The van der Waals surface area contributed by atoms with Crippen molar-refractivity contribution in [1.82, 2.24) is 20.5 Å². The Morgan fingerprint density at radius 1 is 1.59 bits per heavy atom. The lowest BCUT2D eigenvalue weighted by atomic mass is 10.4. The van der Waals surface area contributed by atoms with Crippen LogP contribution in [-0.4, -0.2) is 40.8 Å². The number of hydrogen-bond donors (Lipinski definition) is 2. The number of carbonyl (C=O) groups excluding carboxylic acids is 1. The monoisotopic (exact) mass is 238 g/mol. The van der Waals surface area contributed by atoms with E-state index in [1.807, 2.05) is 13.8 Å². The molecule has 0 radical (unpaired) electrons. The molecule has 6 heteroatoms. The first-order valence-corrected chi connectivity index (χ1v) is 5.55. The van der Waals surface area contributed by atoms with Crippen LogP contribution < -0.4 is 5.32 Å². The second-order valence-electron chi connectivity index (χ2n) is 3.72. The van der Waals surface area contributed by atoms with Gasteiger partial charge in [-0.2, -0.15) is 0 Å². The minimum Gasteiger partial charge on any atom is -0.375 e. The molecule has 0 saturated carbocycles. The minimum atomic E-state index is -0.292. The highest BCUT2D eigenvalue weighted by Crippen LogP contribution is 1.93. The molecule has 0 fully saturated rings. The minimum absolute atomic E-state index is 0.168. The van der Waals surface area contributed by atoms with Crippen molar-refractivity contribution in [3.8, 4) is 0 Å². The third kappa shape index (κ3) is 4.78. The third-order valence-electron chi connectivity index (χ3n) is 1.95. The number of nitrogens with one attached hydrogen (secondary N) is 2. The summed E-state index contributed by atoms with van der Waals surface area (Å²) in [5, 5.41) is 9.17. The molecule has 1 aromatic rings. The van der Waals surface area contributed by atoms with Crippen LogP contribution in [0, 0.1) is 0 Å². The standard InChI is InChI=1S/C11H18N4O2/c1-4-9-13-10(15-14-9)11(16)12-5-6-17-7-8(2)3/h2,4-7H2,1,3H3,(H,12,16)(H,13,14,15). The average molecular weight is 238 g/mol. The lowest BCUT2D eigenvalue weighted by molar-refractivity contribution is 0.0917. The van der Waals surface area contributed by atoms with Crippen molar-refractivity contribution in [2.45, 2.75) is 20.3 Å². The molecule has 0 aliphatic heterocycles. The molecule has 0 saturated heterocycles. The largest absolute Gasteiger partial charge is 0.375 e. The Morgan fingerprint density at radius 3 is 2.94 bits per heavy atom. The van der Waals surface area contributed by atoms with Crippen LogP contribution in [0.25, 0.3) is 0 Å². The van der Waals surface area contributed by atoms with Crippen molar-refractivity contribution in [2.75, 3.05) is 19.8 Å². The van der Waals surface area contributed by atoms with Gasteiger partial charge in [-0.3, -0.25) is 9.89 Å². The summed E-state index contributed by atoms with van der Waals surface area (Å²) < 4.78 is 5.24. The van der Waals surface area contributed by atoms with Gasteiger partial charge in [0.2, 0.25) is 5.82 Å². The normalized spacial score (nSPS) is 10.2. The van der Waals surface area contributed by atoms with Gasteiger partial charge in [0.15, 0.2) is 0 Å². The van der Waals surface area contributed by atoms with Gasteiger partial charge < -0.3 is 10.1 Å². The first kappa shape index (κ1) is 13.4. The fourth-order valence-electron chi connectivity index (χ4n) is 1.12. The molecule has 0 aliphatic rings. The zero-order valence-electron chi connectivity index (χ0n) is 10.2. The van der Waals surface area contributed by atoms with Crippen molar-refractivity contribution in [2.24, 2.45) is 0 Å². The summed E-state index contributed by atoms with van der Waals surface area (Å²) in [6.45, 7) is 8.93. The molecule has 0 aliphatic carbocycles. The van der Waals surface area contributed by atoms with Crippen LogP contribution in [0.15, 0.2) is 12.2 Å². The molecule has 1 heterocycles. The summed E-state index contributed by atoms with van der Waals surface area (Å²) in [5.74, 6) is 0.579. The quantitative estimate of drug-likeness (QED) is 0.541. The SMILES string of the molecule is C=C(C)COCCNC(=O)c1n[nH]c(CC)n1. The molecule has 0 bridgehead atoms. The van der Waals surface area contributed by atoms with E-state index in [2.05, 4.69) is 27.1 Å². The summed E-state index contributed by atoms with van der Waals surface area (Å²) in [7, 11) is 0. The van der Waals surface area contributed by atoms with Crippen LogP contribution in [0.3, 0.4) is 0 Å². The van der Waals surface area contributed by atoms with E-state index in [9.17, 15) is 4.79 Å². The van der Waals surface area contributed by atoms with Gasteiger partial charge in [-0.05, 0) is 6.92 Å². The molecular weight excluding hydrogens is 220 g/mol. The van der Waals surface area contributed by atoms with Crippen molar-refractivity contribution in [3.05, 3.63) is 23.8 Å². The average Bonchev–Trinajstić information content (AvgIpc) is 2.76. The van der Waals surface area contributed by atoms with Gasteiger partial charge in [-0.25, -0.2) is 4.98 Å². The second-order valence-corrected chi connectivity index (χ2v) is 3.72. The van der Waals surface area contributed by atoms with Gasteiger partial charge in [0, 0.05) is 13.0 Å². The number of carbonyl (C=O) groups is 1. The maximum Gasteiger partial charge on any atom is 0.291 e. The van der Waals surface area contributed by atoms with E-state index in [-0.39, 0.29) is 11.7 Å². The summed E-state index contributed by atoms with van der Waals surface area (Å²) >= 11 is 0. The molecule has 0 spiro atoms. The Hall–Kier alpha value is -1.69. The molecule has 17 heavy (non-hydrogen) atoms. The fourth-order valence-corrected chi connectivity index (χ4v) is 1.12. The van der Waals surface area contributed by atoms with Gasteiger partial charge in [0.25, 0.3) is 5.91 Å². The van der Waals surface area contributed by atoms with Gasteiger partial charge in [-0.15, -0.1) is 5.10 Å². The van der Waals surface area contributed by atoms with Gasteiger partial charge in [0.1, 0.15) is 5.82 Å². The summed E-state index contributed by atoms with van der Waals surface area (Å²) in [4.78, 5) is 15.6. The van der Waals surface area contributed by atoms with Crippen LogP contribution in [0.2, 0.25) is 0 Å². The molecule has 0 unspecified atom stereocenters. The molecule has 1 aromatic heterocycles. The molecule has 2 N–H and O–H groups in total. The number of aromatic nitrogens is 3. The van der Waals surface area contributed by atoms with Gasteiger partial charge >= 0.3 is 0 Å². The molecule has 1 rings (SSSR count). The van der Waals surface area contributed by atoms with E-state index in [4.69, 9.17) is 4.74 Å². The van der Waals surface area contributed by atoms with Crippen molar-refractivity contribution < 1.29 is 9.53 Å².